The molecule has 4 rings (SSSR count). The van der Waals surface area contributed by atoms with Crippen LogP contribution in [0.1, 0.15) is 11.4 Å². The molecular formula is C23H26FN5. The number of hydrogen-bond acceptors (Lipinski definition) is 5. The summed E-state index contributed by atoms with van der Waals surface area (Å²) in [7, 11) is 0. The van der Waals surface area contributed by atoms with E-state index in [4.69, 9.17) is 0 Å². The normalized spacial score (nSPS) is 14.1. The molecule has 150 valence electrons. The molecule has 2 aromatic carbocycles. The van der Waals surface area contributed by atoms with Crippen molar-refractivity contribution in [1.82, 2.24) is 9.97 Å². The smallest absolute Gasteiger partial charge is 0.134 e. The van der Waals surface area contributed by atoms with Crippen LogP contribution in [-0.2, 0) is 6.42 Å². The van der Waals surface area contributed by atoms with Crippen LogP contribution >= 0.6 is 0 Å². The van der Waals surface area contributed by atoms with Crippen LogP contribution in [-0.4, -0.2) is 42.7 Å². The van der Waals surface area contributed by atoms with E-state index < -0.39 is 0 Å². The second-order valence-electron chi connectivity index (χ2n) is 7.27. The largest absolute Gasteiger partial charge is 0.370 e. The van der Waals surface area contributed by atoms with Crippen molar-refractivity contribution in [3.05, 3.63) is 77.9 Å². The van der Waals surface area contributed by atoms with Gasteiger partial charge in [-0.15, -0.1) is 0 Å². The van der Waals surface area contributed by atoms with Crippen LogP contribution in [0.25, 0.3) is 0 Å². The molecule has 0 saturated carbocycles. The third kappa shape index (κ3) is 5.02. The highest BCUT2D eigenvalue weighted by Gasteiger charge is 2.19. The number of nitrogens with one attached hydrogen (secondary N) is 1. The van der Waals surface area contributed by atoms with Gasteiger partial charge in [0.15, 0.2) is 0 Å². The second kappa shape index (κ2) is 8.90. The van der Waals surface area contributed by atoms with Gasteiger partial charge in [0.05, 0.1) is 0 Å². The molecule has 1 aliphatic heterocycles. The Kier molecular flexibility index (Phi) is 5.89. The molecule has 0 spiro atoms. The lowest BCUT2D eigenvalue weighted by Crippen LogP contribution is -2.46. The molecule has 0 atom stereocenters. The molecule has 29 heavy (non-hydrogen) atoms. The Bertz CT molecular complexity index is 922. The number of nitrogens with zero attached hydrogens (tertiary/aromatic N) is 4. The first-order chi connectivity index (χ1) is 14.2. The van der Waals surface area contributed by atoms with Gasteiger partial charge in [-0.3, -0.25) is 0 Å². The maximum atomic E-state index is 13.2. The molecular weight excluding hydrogens is 365 g/mol. The SMILES string of the molecule is Cc1nc(NCCc2ccccc2)cc(N2CCN(c3ccc(F)cc3)CC2)n1. The van der Waals surface area contributed by atoms with Crippen molar-refractivity contribution in [2.75, 3.05) is 47.8 Å². The molecule has 0 bridgehead atoms. The summed E-state index contributed by atoms with van der Waals surface area (Å²) >= 11 is 0. The van der Waals surface area contributed by atoms with E-state index in [0.29, 0.717) is 0 Å². The van der Waals surface area contributed by atoms with E-state index in [1.54, 1.807) is 0 Å². The Labute approximate surface area is 171 Å². The number of halogens is 1. The Morgan fingerprint density at radius 1 is 0.897 bits per heavy atom. The first kappa shape index (κ1) is 19.2. The molecule has 1 aromatic heterocycles. The third-order valence-corrected chi connectivity index (χ3v) is 5.18. The van der Waals surface area contributed by atoms with Gasteiger partial charge in [-0.25, -0.2) is 14.4 Å². The number of benzene rings is 2. The summed E-state index contributed by atoms with van der Waals surface area (Å²) in [6.07, 6.45) is 0.954. The number of aromatic nitrogens is 2. The monoisotopic (exact) mass is 391 g/mol. The molecule has 0 radical (unpaired) electrons. The van der Waals surface area contributed by atoms with E-state index in [2.05, 4.69) is 49.4 Å². The van der Waals surface area contributed by atoms with Crippen LogP contribution < -0.4 is 15.1 Å². The summed E-state index contributed by atoms with van der Waals surface area (Å²) in [5.41, 5.74) is 2.37. The highest BCUT2D eigenvalue weighted by Crippen LogP contribution is 2.21. The van der Waals surface area contributed by atoms with Gasteiger partial charge in [-0.05, 0) is 43.2 Å². The van der Waals surface area contributed by atoms with Gasteiger partial charge >= 0.3 is 0 Å². The molecule has 1 saturated heterocycles. The lowest BCUT2D eigenvalue weighted by molar-refractivity contribution is 0.624. The summed E-state index contributed by atoms with van der Waals surface area (Å²) < 4.78 is 13.2. The van der Waals surface area contributed by atoms with E-state index in [1.807, 2.05) is 31.2 Å². The standard InChI is InChI=1S/C23H26FN5/c1-18-26-22(25-12-11-19-5-3-2-4-6-19)17-23(27-18)29-15-13-28(14-16-29)21-9-7-20(24)8-10-21/h2-10,17H,11-16H2,1H3,(H,25,26,27). The average molecular weight is 391 g/mol. The first-order valence-corrected chi connectivity index (χ1v) is 10.1. The van der Waals surface area contributed by atoms with Crippen molar-refractivity contribution in [3.8, 4) is 0 Å². The molecule has 6 heteroatoms. The maximum absolute atomic E-state index is 13.2. The van der Waals surface area contributed by atoms with Crippen molar-refractivity contribution in [2.24, 2.45) is 0 Å². The Morgan fingerprint density at radius 3 is 2.31 bits per heavy atom. The molecule has 0 aliphatic carbocycles. The fourth-order valence-corrected chi connectivity index (χ4v) is 3.63. The zero-order valence-corrected chi connectivity index (χ0v) is 16.7. The van der Waals surface area contributed by atoms with Crippen molar-refractivity contribution in [1.29, 1.82) is 0 Å². The molecule has 1 aliphatic rings. The minimum atomic E-state index is -0.198. The zero-order chi connectivity index (χ0) is 20.1. The van der Waals surface area contributed by atoms with Gasteiger partial charge in [0.25, 0.3) is 0 Å². The van der Waals surface area contributed by atoms with Crippen LogP contribution in [0.4, 0.5) is 21.7 Å². The van der Waals surface area contributed by atoms with Crippen molar-refractivity contribution in [3.63, 3.8) is 0 Å². The van der Waals surface area contributed by atoms with Crippen molar-refractivity contribution >= 4 is 17.3 Å². The minimum Gasteiger partial charge on any atom is -0.370 e. The predicted octanol–water partition coefficient (Wildman–Crippen LogP) is 3.91. The fraction of sp³-hybridized carbons (Fsp3) is 0.304. The van der Waals surface area contributed by atoms with E-state index in [1.165, 1.54) is 17.7 Å². The van der Waals surface area contributed by atoms with Gasteiger partial charge in [0.2, 0.25) is 0 Å². The molecule has 2 heterocycles. The average Bonchev–Trinajstić information content (AvgIpc) is 2.75. The summed E-state index contributed by atoms with van der Waals surface area (Å²) in [4.78, 5) is 13.7. The van der Waals surface area contributed by atoms with E-state index in [9.17, 15) is 4.39 Å². The van der Waals surface area contributed by atoms with Crippen molar-refractivity contribution < 1.29 is 4.39 Å². The Balaban J connectivity index is 1.35. The predicted molar refractivity (Wildman–Crippen MR) is 116 cm³/mol. The number of rotatable bonds is 6. The number of piperazine rings is 1. The van der Waals surface area contributed by atoms with Gasteiger partial charge < -0.3 is 15.1 Å². The van der Waals surface area contributed by atoms with E-state index >= 15 is 0 Å². The van der Waals surface area contributed by atoms with Crippen LogP contribution in [0.3, 0.4) is 0 Å². The van der Waals surface area contributed by atoms with E-state index in [0.717, 1.165) is 62.3 Å². The highest BCUT2D eigenvalue weighted by molar-refractivity contribution is 5.52. The summed E-state index contributed by atoms with van der Waals surface area (Å²) in [6.45, 7) is 6.27. The number of aryl methyl sites for hydroxylation is 1. The molecule has 0 unspecified atom stereocenters. The molecule has 5 nitrogen and oxygen atoms in total. The lowest BCUT2D eigenvalue weighted by atomic mass is 10.1. The zero-order valence-electron chi connectivity index (χ0n) is 16.7. The highest BCUT2D eigenvalue weighted by atomic mass is 19.1. The fourth-order valence-electron chi connectivity index (χ4n) is 3.63. The van der Waals surface area contributed by atoms with Gasteiger partial charge in [-0.2, -0.15) is 0 Å². The molecule has 1 fully saturated rings. The lowest BCUT2D eigenvalue weighted by Gasteiger charge is -2.36. The number of anilines is 3. The Hall–Kier alpha value is -3.15. The van der Waals surface area contributed by atoms with Gasteiger partial charge in [-0.1, -0.05) is 30.3 Å². The maximum Gasteiger partial charge on any atom is 0.134 e. The number of hydrogen-bond donors (Lipinski definition) is 1. The van der Waals surface area contributed by atoms with Crippen LogP contribution in [0.5, 0.6) is 0 Å². The topological polar surface area (TPSA) is 44.3 Å². The molecule has 3 aromatic rings. The summed E-state index contributed by atoms with van der Waals surface area (Å²) in [5, 5.41) is 3.43. The third-order valence-electron chi connectivity index (χ3n) is 5.18. The summed E-state index contributed by atoms with van der Waals surface area (Å²) in [6, 6.07) is 19.2. The van der Waals surface area contributed by atoms with Crippen LogP contribution in [0.15, 0.2) is 60.7 Å². The first-order valence-electron chi connectivity index (χ1n) is 10.1. The minimum absolute atomic E-state index is 0.198. The van der Waals surface area contributed by atoms with Gasteiger partial charge in [0.1, 0.15) is 23.3 Å². The van der Waals surface area contributed by atoms with Crippen LogP contribution in [0.2, 0.25) is 0 Å². The quantitative estimate of drug-likeness (QED) is 0.690. The van der Waals surface area contributed by atoms with Gasteiger partial charge in [0, 0.05) is 44.5 Å². The second-order valence-corrected chi connectivity index (χ2v) is 7.27. The van der Waals surface area contributed by atoms with Crippen molar-refractivity contribution in [2.45, 2.75) is 13.3 Å². The summed E-state index contributed by atoms with van der Waals surface area (Å²) in [5.74, 6) is 2.39. The van der Waals surface area contributed by atoms with E-state index in [-0.39, 0.29) is 5.82 Å². The molecule has 1 N–H and O–H groups in total. The Morgan fingerprint density at radius 2 is 1.59 bits per heavy atom. The molecule has 0 amide bonds. The van der Waals surface area contributed by atoms with Crippen LogP contribution in [0, 0.1) is 12.7 Å².